The van der Waals surface area contributed by atoms with E-state index in [1.807, 2.05) is 13.0 Å². The van der Waals surface area contributed by atoms with Crippen LogP contribution in [0.5, 0.6) is 5.75 Å². The summed E-state index contributed by atoms with van der Waals surface area (Å²) in [6, 6.07) is 1.88. The minimum atomic E-state index is -1.34. The molecule has 1 rings (SSSR count). The van der Waals surface area contributed by atoms with Crippen molar-refractivity contribution in [1.29, 1.82) is 0 Å². The van der Waals surface area contributed by atoms with E-state index >= 15 is 0 Å². The Morgan fingerprint density at radius 3 is 2.47 bits per heavy atom. The summed E-state index contributed by atoms with van der Waals surface area (Å²) in [5.74, 6) is -0.201. The Balaban J connectivity index is 3.44. The fourth-order valence-electron chi connectivity index (χ4n) is 1.70. The van der Waals surface area contributed by atoms with Gasteiger partial charge in [0, 0.05) is 10.0 Å². The molecular weight excluding hydrogens is 288 g/mol. The average molecular weight is 303 g/mol. The lowest BCUT2D eigenvalue weighted by Gasteiger charge is -2.18. The Morgan fingerprint density at radius 1 is 1.41 bits per heavy atom. The first-order valence-electron chi connectivity index (χ1n) is 5.03. The largest absolute Gasteiger partial charge is 0.496 e. The van der Waals surface area contributed by atoms with Crippen LogP contribution in [0.15, 0.2) is 10.5 Å². The molecule has 0 fully saturated rings. The highest BCUT2D eigenvalue weighted by Gasteiger charge is 2.26. The van der Waals surface area contributed by atoms with Gasteiger partial charge in [-0.05, 0) is 31.0 Å². The molecule has 0 aromatic heterocycles. The molecule has 0 aliphatic carbocycles. The molecule has 0 saturated heterocycles. The van der Waals surface area contributed by atoms with Crippen molar-refractivity contribution in [3.8, 4) is 5.75 Å². The SMILES string of the molecule is COC(=O)C(O)c1c(C)c(Br)cc(C)c1OC. The van der Waals surface area contributed by atoms with E-state index in [2.05, 4.69) is 20.7 Å². The summed E-state index contributed by atoms with van der Waals surface area (Å²) in [6.07, 6.45) is -1.34. The molecule has 17 heavy (non-hydrogen) atoms. The highest BCUT2D eigenvalue weighted by Crippen LogP contribution is 2.36. The Hall–Kier alpha value is -1.07. The lowest BCUT2D eigenvalue weighted by Crippen LogP contribution is -2.16. The van der Waals surface area contributed by atoms with Crippen molar-refractivity contribution in [3.63, 3.8) is 0 Å². The summed E-state index contributed by atoms with van der Waals surface area (Å²) in [4.78, 5) is 11.4. The number of rotatable bonds is 3. The van der Waals surface area contributed by atoms with Crippen molar-refractivity contribution in [3.05, 3.63) is 27.2 Å². The molecule has 1 aromatic carbocycles. The molecule has 0 heterocycles. The van der Waals surface area contributed by atoms with Crippen LogP contribution in [0.3, 0.4) is 0 Å². The topological polar surface area (TPSA) is 55.8 Å². The number of esters is 1. The predicted octanol–water partition coefficient (Wildman–Crippen LogP) is 2.28. The molecule has 0 amide bonds. The van der Waals surface area contributed by atoms with Gasteiger partial charge >= 0.3 is 5.97 Å². The van der Waals surface area contributed by atoms with E-state index in [1.165, 1.54) is 14.2 Å². The van der Waals surface area contributed by atoms with Gasteiger partial charge in [-0.15, -0.1) is 0 Å². The van der Waals surface area contributed by atoms with Gasteiger partial charge in [0.2, 0.25) is 0 Å². The second-order valence-electron chi connectivity index (χ2n) is 3.67. The second kappa shape index (κ2) is 5.51. The number of hydrogen-bond acceptors (Lipinski definition) is 4. The Labute approximate surface area is 109 Å². The Morgan fingerprint density at radius 2 is 2.00 bits per heavy atom. The monoisotopic (exact) mass is 302 g/mol. The van der Waals surface area contributed by atoms with Crippen LogP contribution in [-0.4, -0.2) is 25.3 Å². The van der Waals surface area contributed by atoms with Crippen LogP contribution in [0.2, 0.25) is 0 Å². The first kappa shape index (κ1) is 14.0. The molecule has 0 bridgehead atoms. The van der Waals surface area contributed by atoms with E-state index in [0.717, 1.165) is 15.6 Å². The maximum Gasteiger partial charge on any atom is 0.339 e. The van der Waals surface area contributed by atoms with Crippen LogP contribution in [0.1, 0.15) is 22.8 Å². The van der Waals surface area contributed by atoms with Crippen molar-refractivity contribution >= 4 is 21.9 Å². The molecule has 1 N–H and O–H groups in total. The summed E-state index contributed by atoms with van der Waals surface area (Å²) in [5.41, 5.74) is 2.03. The number of ether oxygens (including phenoxy) is 2. The van der Waals surface area contributed by atoms with Crippen molar-refractivity contribution in [2.24, 2.45) is 0 Å². The van der Waals surface area contributed by atoms with Gasteiger partial charge in [-0.2, -0.15) is 0 Å². The number of aliphatic hydroxyl groups excluding tert-OH is 1. The number of aryl methyl sites for hydroxylation is 1. The van der Waals surface area contributed by atoms with Gasteiger partial charge < -0.3 is 14.6 Å². The summed E-state index contributed by atoms with van der Waals surface area (Å²) in [6.45, 7) is 3.64. The summed E-state index contributed by atoms with van der Waals surface area (Å²) < 4.78 is 10.6. The molecular formula is C12H15BrO4. The summed E-state index contributed by atoms with van der Waals surface area (Å²) in [5, 5.41) is 9.96. The third kappa shape index (κ3) is 2.61. The van der Waals surface area contributed by atoms with Crippen LogP contribution in [0.25, 0.3) is 0 Å². The molecule has 4 nitrogen and oxygen atoms in total. The van der Waals surface area contributed by atoms with E-state index in [0.29, 0.717) is 11.3 Å². The fraction of sp³-hybridized carbons (Fsp3) is 0.417. The Kier molecular flexibility index (Phi) is 4.54. The standard InChI is InChI=1S/C12H15BrO4/c1-6-5-8(13)7(2)9(11(6)16-3)10(14)12(15)17-4/h5,10,14H,1-4H3. The van der Waals surface area contributed by atoms with Gasteiger partial charge in [0.15, 0.2) is 6.10 Å². The third-order valence-corrected chi connectivity index (χ3v) is 3.43. The van der Waals surface area contributed by atoms with Gasteiger partial charge in [-0.1, -0.05) is 15.9 Å². The van der Waals surface area contributed by atoms with Gasteiger partial charge in [0.1, 0.15) is 5.75 Å². The highest BCUT2D eigenvalue weighted by molar-refractivity contribution is 9.10. The van der Waals surface area contributed by atoms with E-state index in [9.17, 15) is 9.90 Å². The third-order valence-electron chi connectivity index (χ3n) is 2.61. The zero-order valence-electron chi connectivity index (χ0n) is 10.2. The molecule has 94 valence electrons. The number of aliphatic hydroxyl groups is 1. The van der Waals surface area contributed by atoms with Crippen LogP contribution >= 0.6 is 15.9 Å². The highest BCUT2D eigenvalue weighted by atomic mass is 79.9. The normalized spacial score (nSPS) is 12.1. The van der Waals surface area contributed by atoms with Gasteiger partial charge in [-0.25, -0.2) is 4.79 Å². The molecule has 0 saturated carbocycles. The smallest absolute Gasteiger partial charge is 0.339 e. The van der Waals surface area contributed by atoms with Crippen molar-refractivity contribution in [2.75, 3.05) is 14.2 Å². The second-order valence-corrected chi connectivity index (χ2v) is 4.53. The van der Waals surface area contributed by atoms with Gasteiger partial charge in [0.25, 0.3) is 0 Å². The zero-order chi connectivity index (χ0) is 13.2. The number of carbonyl (C=O) groups is 1. The van der Waals surface area contributed by atoms with Crippen molar-refractivity contribution in [1.82, 2.24) is 0 Å². The maximum absolute atomic E-state index is 11.4. The lowest BCUT2D eigenvalue weighted by atomic mass is 9.99. The van der Waals surface area contributed by atoms with Crippen molar-refractivity contribution < 1.29 is 19.4 Å². The lowest BCUT2D eigenvalue weighted by molar-refractivity contribution is -0.150. The molecule has 0 radical (unpaired) electrons. The molecule has 1 unspecified atom stereocenters. The van der Waals surface area contributed by atoms with Crippen LogP contribution in [0, 0.1) is 13.8 Å². The summed E-state index contributed by atoms with van der Waals surface area (Å²) >= 11 is 3.38. The molecule has 5 heteroatoms. The molecule has 1 atom stereocenters. The zero-order valence-corrected chi connectivity index (χ0v) is 11.8. The average Bonchev–Trinajstić information content (AvgIpc) is 2.31. The quantitative estimate of drug-likeness (QED) is 0.870. The first-order valence-corrected chi connectivity index (χ1v) is 5.82. The minimum absolute atomic E-state index is 0.436. The minimum Gasteiger partial charge on any atom is -0.496 e. The first-order chi connectivity index (χ1) is 7.93. The predicted molar refractivity (Wildman–Crippen MR) is 67.1 cm³/mol. The van der Waals surface area contributed by atoms with Crippen molar-refractivity contribution in [2.45, 2.75) is 20.0 Å². The number of hydrogen-bond donors (Lipinski definition) is 1. The maximum atomic E-state index is 11.4. The molecule has 1 aromatic rings. The fourth-order valence-corrected chi connectivity index (χ4v) is 2.26. The van der Waals surface area contributed by atoms with E-state index in [4.69, 9.17) is 4.74 Å². The van der Waals surface area contributed by atoms with E-state index in [-0.39, 0.29) is 0 Å². The Bertz CT molecular complexity index is 443. The van der Waals surface area contributed by atoms with E-state index < -0.39 is 12.1 Å². The van der Waals surface area contributed by atoms with Crippen LogP contribution in [-0.2, 0) is 9.53 Å². The van der Waals surface area contributed by atoms with Crippen LogP contribution in [0.4, 0.5) is 0 Å². The number of halogens is 1. The molecule has 0 spiro atoms. The molecule has 0 aliphatic rings. The van der Waals surface area contributed by atoms with Gasteiger partial charge in [0.05, 0.1) is 14.2 Å². The van der Waals surface area contributed by atoms with E-state index in [1.54, 1.807) is 6.92 Å². The summed E-state index contributed by atoms with van der Waals surface area (Å²) in [7, 11) is 2.74. The van der Waals surface area contributed by atoms with Gasteiger partial charge in [-0.3, -0.25) is 0 Å². The molecule has 0 aliphatic heterocycles. The number of benzene rings is 1. The van der Waals surface area contributed by atoms with Crippen LogP contribution < -0.4 is 4.74 Å². The number of carbonyl (C=O) groups excluding carboxylic acids is 1. The number of methoxy groups -OCH3 is 2.